The fourth-order valence-electron chi connectivity index (χ4n) is 1.63. The molecule has 1 aromatic rings. The van der Waals surface area contributed by atoms with Crippen LogP contribution >= 0.6 is 0 Å². The highest BCUT2D eigenvalue weighted by atomic mass is 16.5. The van der Waals surface area contributed by atoms with Crippen LogP contribution in [0, 0.1) is 5.41 Å². The molecular formula is C15H23N3O3. The number of para-hydroxylation sites is 2. The zero-order valence-corrected chi connectivity index (χ0v) is 12.5. The minimum absolute atomic E-state index is 0.123. The fraction of sp³-hybridized carbons (Fsp3) is 0.467. The average Bonchev–Trinajstić information content (AvgIpc) is 2.47. The largest absolute Gasteiger partial charge is 0.491 e. The van der Waals surface area contributed by atoms with Crippen molar-refractivity contribution in [3.05, 3.63) is 24.3 Å². The van der Waals surface area contributed by atoms with Crippen LogP contribution in [0.3, 0.4) is 0 Å². The molecule has 0 saturated heterocycles. The second-order valence-corrected chi connectivity index (χ2v) is 5.13. The van der Waals surface area contributed by atoms with Gasteiger partial charge in [0.25, 0.3) is 0 Å². The van der Waals surface area contributed by atoms with Crippen molar-refractivity contribution in [3.8, 4) is 5.75 Å². The number of ether oxygens (including phenoxy) is 1. The minimum atomic E-state index is -0.625. The van der Waals surface area contributed by atoms with Crippen LogP contribution in [0.25, 0.3) is 0 Å². The predicted octanol–water partition coefficient (Wildman–Crippen LogP) is 1.25. The third-order valence-electron chi connectivity index (χ3n) is 3.52. The Bertz CT molecular complexity index is 499. The summed E-state index contributed by atoms with van der Waals surface area (Å²) < 4.78 is 5.48. The first-order valence-electron chi connectivity index (χ1n) is 6.94. The van der Waals surface area contributed by atoms with Crippen LogP contribution in [-0.4, -0.2) is 25.0 Å². The van der Waals surface area contributed by atoms with E-state index >= 15 is 0 Å². The third kappa shape index (κ3) is 4.75. The molecule has 0 aliphatic rings. The van der Waals surface area contributed by atoms with Crippen molar-refractivity contribution in [1.82, 2.24) is 0 Å². The van der Waals surface area contributed by atoms with Gasteiger partial charge in [0.2, 0.25) is 11.8 Å². The van der Waals surface area contributed by atoms with Gasteiger partial charge in [0, 0.05) is 6.54 Å². The van der Waals surface area contributed by atoms with Gasteiger partial charge < -0.3 is 21.5 Å². The molecule has 1 atom stereocenters. The number of hydrogen-bond donors (Lipinski definition) is 3. The lowest BCUT2D eigenvalue weighted by atomic mass is 9.86. The Morgan fingerprint density at radius 2 is 2.00 bits per heavy atom. The van der Waals surface area contributed by atoms with Gasteiger partial charge in [-0.2, -0.15) is 0 Å². The van der Waals surface area contributed by atoms with Crippen LogP contribution in [0.1, 0.15) is 26.7 Å². The zero-order valence-electron chi connectivity index (χ0n) is 12.5. The Kier molecular flexibility index (Phi) is 6.17. The molecule has 0 aromatic heterocycles. The van der Waals surface area contributed by atoms with Gasteiger partial charge in [0.15, 0.2) is 0 Å². The molecule has 0 bridgehead atoms. The van der Waals surface area contributed by atoms with Crippen LogP contribution in [0.5, 0.6) is 5.75 Å². The number of rotatable bonds is 8. The molecule has 21 heavy (non-hydrogen) atoms. The van der Waals surface area contributed by atoms with Crippen molar-refractivity contribution < 1.29 is 14.3 Å². The van der Waals surface area contributed by atoms with Gasteiger partial charge in [-0.05, 0) is 25.5 Å². The zero-order chi connectivity index (χ0) is 15.9. The molecule has 0 spiro atoms. The Labute approximate surface area is 124 Å². The second-order valence-electron chi connectivity index (χ2n) is 5.13. The van der Waals surface area contributed by atoms with E-state index < -0.39 is 11.3 Å². The molecule has 116 valence electrons. The first kappa shape index (κ1) is 17.0. The molecule has 0 aliphatic heterocycles. The molecule has 0 saturated carbocycles. The van der Waals surface area contributed by atoms with Gasteiger partial charge >= 0.3 is 0 Å². The monoisotopic (exact) mass is 293 g/mol. The summed E-state index contributed by atoms with van der Waals surface area (Å²) in [5.41, 5.74) is 10.7. The van der Waals surface area contributed by atoms with Crippen molar-refractivity contribution in [2.24, 2.45) is 16.9 Å². The lowest BCUT2D eigenvalue weighted by molar-refractivity contribution is -0.124. The standard InChI is InChI=1S/C15H23N3O3/c1-3-15(2,10-16)14(20)18-11-6-4-5-7-12(11)21-9-8-13(17)19/h4-7H,3,8-10,16H2,1-2H3,(H2,17,19)(H,18,20). The highest BCUT2D eigenvalue weighted by molar-refractivity contribution is 5.96. The van der Waals surface area contributed by atoms with E-state index in [2.05, 4.69) is 5.32 Å². The summed E-state index contributed by atoms with van der Waals surface area (Å²) in [7, 11) is 0. The van der Waals surface area contributed by atoms with Crippen molar-refractivity contribution in [1.29, 1.82) is 0 Å². The van der Waals surface area contributed by atoms with E-state index in [0.29, 0.717) is 17.9 Å². The molecule has 1 aromatic carbocycles. The number of hydrogen-bond acceptors (Lipinski definition) is 4. The quantitative estimate of drug-likeness (QED) is 0.670. The number of carbonyl (C=O) groups excluding carboxylic acids is 2. The normalized spacial score (nSPS) is 13.3. The van der Waals surface area contributed by atoms with Gasteiger partial charge in [-0.1, -0.05) is 19.1 Å². The predicted molar refractivity (Wildman–Crippen MR) is 81.8 cm³/mol. The molecule has 1 unspecified atom stereocenters. The molecule has 0 aliphatic carbocycles. The number of carbonyl (C=O) groups is 2. The molecule has 6 heteroatoms. The Morgan fingerprint density at radius 3 is 2.57 bits per heavy atom. The smallest absolute Gasteiger partial charge is 0.231 e. The first-order chi connectivity index (χ1) is 9.92. The van der Waals surface area contributed by atoms with Crippen LogP contribution in [0.15, 0.2) is 24.3 Å². The summed E-state index contributed by atoms with van der Waals surface area (Å²) in [4.78, 5) is 23.0. The second kappa shape index (κ2) is 7.64. The first-order valence-corrected chi connectivity index (χ1v) is 6.94. The number of nitrogens with one attached hydrogen (secondary N) is 1. The molecular weight excluding hydrogens is 270 g/mol. The number of nitrogens with two attached hydrogens (primary N) is 2. The number of anilines is 1. The molecule has 0 radical (unpaired) electrons. The van der Waals surface area contributed by atoms with Gasteiger partial charge in [-0.25, -0.2) is 0 Å². The lowest BCUT2D eigenvalue weighted by Crippen LogP contribution is -2.39. The maximum absolute atomic E-state index is 12.3. The Hall–Kier alpha value is -2.08. The van der Waals surface area contributed by atoms with E-state index in [9.17, 15) is 9.59 Å². The number of benzene rings is 1. The lowest BCUT2D eigenvalue weighted by Gasteiger charge is -2.25. The maximum atomic E-state index is 12.3. The Balaban J connectivity index is 2.79. The molecule has 2 amide bonds. The minimum Gasteiger partial charge on any atom is -0.491 e. The van der Waals surface area contributed by atoms with Gasteiger partial charge in [-0.3, -0.25) is 9.59 Å². The number of amides is 2. The maximum Gasteiger partial charge on any atom is 0.231 e. The van der Waals surface area contributed by atoms with Gasteiger partial charge in [-0.15, -0.1) is 0 Å². The summed E-state index contributed by atoms with van der Waals surface area (Å²) in [6.07, 6.45) is 0.762. The van der Waals surface area contributed by atoms with E-state index in [1.807, 2.05) is 13.8 Å². The highest BCUT2D eigenvalue weighted by Crippen LogP contribution is 2.27. The molecule has 0 heterocycles. The van der Waals surface area contributed by atoms with Crippen LogP contribution in [-0.2, 0) is 9.59 Å². The highest BCUT2D eigenvalue weighted by Gasteiger charge is 2.30. The van der Waals surface area contributed by atoms with Crippen LogP contribution < -0.4 is 21.5 Å². The van der Waals surface area contributed by atoms with Crippen molar-refractivity contribution in [2.45, 2.75) is 26.7 Å². The van der Waals surface area contributed by atoms with E-state index in [1.54, 1.807) is 24.3 Å². The van der Waals surface area contributed by atoms with Crippen LogP contribution in [0.2, 0.25) is 0 Å². The van der Waals surface area contributed by atoms with E-state index in [0.717, 1.165) is 0 Å². The summed E-state index contributed by atoms with van der Waals surface area (Å²) in [5, 5.41) is 2.83. The summed E-state index contributed by atoms with van der Waals surface area (Å²) in [6.45, 7) is 4.17. The topological polar surface area (TPSA) is 107 Å². The fourth-order valence-corrected chi connectivity index (χ4v) is 1.63. The van der Waals surface area contributed by atoms with Crippen molar-refractivity contribution >= 4 is 17.5 Å². The average molecular weight is 293 g/mol. The van der Waals surface area contributed by atoms with Crippen molar-refractivity contribution in [3.63, 3.8) is 0 Å². The molecule has 5 N–H and O–H groups in total. The van der Waals surface area contributed by atoms with E-state index in [4.69, 9.17) is 16.2 Å². The molecule has 1 rings (SSSR count). The molecule has 6 nitrogen and oxygen atoms in total. The van der Waals surface area contributed by atoms with Crippen molar-refractivity contribution in [2.75, 3.05) is 18.5 Å². The van der Waals surface area contributed by atoms with Crippen LogP contribution in [0.4, 0.5) is 5.69 Å². The SMILES string of the molecule is CCC(C)(CN)C(=O)Nc1ccccc1OCCC(N)=O. The van der Waals surface area contributed by atoms with E-state index in [1.165, 1.54) is 0 Å². The summed E-state index contributed by atoms with van der Waals surface area (Å²) in [5.74, 6) is -0.0840. The Morgan fingerprint density at radius 1 is 1.33 bits per heavy atom. The summed E-state index contributed by atoms with van der Waals surface area (Å²) >= 11 is 0. The summed E-state index contributed by atoms with van der Waals surface area (Å²) in [6, 6.07) is 7.05. The van der Waals surface area contributed by atoms with Gasteiger partial charge in [0.1, 0.15) is 5.75 Å². The third-order valence-corrected chi connectivity index (χ3v) is 3.52. The number of primary amides is 1. The molecule has 0 fully saturated rings. The van der Waals surface area contributed by atoms with Gasteiger partial charge in [0.05, 0.1) is 24.1 Å². The van der Waals surface area contributed by atoms with E-state index in [-0.39, 0.29) is 25.5 Å².